The maximum Gasteiger partial charge on any atom is 0.148 e. The molecule has 0 fully saturated rings. The number of aromatic nitrogens is 2. The van der Waals surface area contributed by atoms with Crippen molar-refractivity contribution in [2.75, 3.05) is 17.6 Å². The molecule has 3 rings (SSSR count). The first-order valence-electron chi connectivity index (χ1n) is 5.58. The van der Waals surface area contributed by atoms with Crippen LogP contribution in [0.2, 0.25) is 0 Å². The summed E-state index contributed by atoms with van der Waals surface area (Å²) in [6.07, 6.45) is 2.56. The Kier molecular flexibility index (Phi) is 2.24. The third kappa shape index (κ3) is 1.63. The molecule has 0 spiro atoms. The predicted octanol–water partition coefficient (Wildman–Crippen LogP) is 2.01. The maximum absolute atomic E-state index is 12.9. The summed E-state index contributed by atoms with van der Waals surface area (Å²) in [6.45, 7) is 0.845. The van der Waals surface area contributed by atoms with Crippen LogP contribution in [0.15, 0.2) is 30.5 Å². The zero-order valence-electron chi connectivity index (χ0n) is 9.23. The average molecular weight is 232 g/mol. The second-order valence-corrected chi connectivity index (χ2v) is 4.18. The van der Waals surface area contributed by atoms with E-state index in [1.807, 2.05) is 4.68 Å². The topological polar surface area (TPSA) is 55.9 Å². The third-order valence-corrected chi connectivity index (χ3v) is 3.08. The van der Waals surface area contributed by atoms with Crippen LogP contribution in [0.5, 0.6) is 0 Å². The summed E-state index contributed by atoms with van der Waals surface area (Å²) in [5.41, 5.74) is 7.52. The average Bonchev–Trinajstić information content (AvgIpc) is 2.73. The summed E-state index contributed by atoms with van der Waals surface area (Å²) in [4.78, 5) is 0. The number of rotatable bonds is 1. The Balaban J connectivity index is 2.02. The largest absolute Gasteiger partial charge is 0.394 e. The van der Waals surface area contributed by atoms with Crippen molar-refractivity contribution < 1.29 is 4.39 Å². The van der Waals surface area contributed by atoms with Gasteiger partial charge in [0.1, 0.15) is 11.6 Å². The molecule has 0 radical (unpaired) electrons. The molecule has 2 aromatic rings. The van der Waals surface area contributed by atoms with Gasteiger partial charge >= 0.3 is 0 Å². The molecule has 1 atom stereocenters. The van der Waals surface area contributed by atoms with Crippen LogP contribution in [0.25, 0.3) is 0 Å². The second-order valence-electron chi connectivity index (χ2n) is 4.18. The molecule has 1 aromatic carbocycles. The van der Waals surface area contributed by atoms with E-state index in [9.17, 15) is 4.39 Å². The Morgan fingerprint density at radius 1 is 1.35 bits per heavy atom. The number of nitrogens with one attached hydrogen (secondary N) is 1. The van der Waals surface area contributed by atoms with Crippen LogP contribution in [0.1, 0.15) is 18.0 Å². The first-order valence-corrected chi connectivity index (χ1v) is 5.58. The molecule has 1 aliphatic rings. The summed E-state index contributed by atoms with van der Waals surface area (Å²) < 4.78 is 14.8. The molecule has 0 saturated carbocycles. The lowest BCUT2D eigenvalue weighted by Gasteiger charge is -2.26. The molecule has 1 aliphatic heterocycles. The van der Waals surface area contributed by atoms with Crippen LogP contribution < -0.4 is 11.1 Å². The second kappa shape index (κ2) is 3.76. The molecular weight excluding hydrogens is 219 g/mol. The molecule has 0 amide bonds. The van der Waals surface area contributed by atoms with Gasteiger partial charge in [-0.3, -0.25) is 0 Å². The first-order chi connectivity index (χ1) is 8.25. The van der Waals surface area contributed by atoms with E-state index in [-0.39, 0.29) is 11.9 Å². The van der Waals surface area contributed by atoms with Gasteiger partial charge in [0, 0.05) is 6.54 Å². The number of nitrogens with zero attached hydrogens (tertiary/aromatic N) is 2. The molecule has 1 aromatic heterocycles. The van der Waals surface area contributed by atoms with Crippen molar-refractivity contribution in [2.45, 2.75) is 12.5 Å². The fourth-order valence-electron chi connectivity index (χ4n) is 2.24. The summed E-state index contributed by atoms with van der Waals surface area (Å²) in [5.74, 6) is 0.633. The van der Waals surface area contributed by atoms with E-state index >= 15 is 0 Å². The Bertz CT molecular complexity index is 532. The van der Waals surface area contributed by atoms with Gasteiger partial charge in [0.2, 0.25) is 0 Å². The maximum atomic E-state index is 12.9. The zero-order valence-corrected chi connectivity index (χ0v) is 9.23. The zero-order chi connectivity index (χ0) is 11.8. The van der Waals surface area contributed by atoms with Crippen molar-refractivity contribution in [3.63, 3.8) is 0 Å². The monoisotopic (exact) mass is 232 g/mol. The number of hydrogen-bond donors (Lipinski definition) is 2. The molecule has 0 aliphatic carbocycles. The van der Waals surface area contributed by atoms with Gasteiger partial charge in [0.15, 0.2) is 0 Å². The van der Waals surface area contributed by atoms with Gasteiger partial charge in [-0.25, -0.2) is 9.07 Å². The van der Waals surface area contributed by atoms with Gasteiger partial charge in [-0.15, -0.1) is 0 Å². The Morgan fingerprint density at radius 2 is 2.12 bits per heavy atom. The third-order valence-electron chi connectivity index (χ3n) is 3.08. The van der Waals surface area contributed by atoms with Crippen LogP contribution in [0.3, 0.4) is 0 Å². The smallest absolute Gasteiger partial charge is 0.148 e. The number of anilines is 2. The predicted molar refractivity (Wildman–Crippen MR) is 64.3 cm³/mol. The van der Waals surface area contributed by atoms with Crippen LogP contribution in [-0.2, 0) is 0 Å². The van der Waals surface area contributed by atoms with E-state index in [4.69, 9.17) is 5.73 Å². The number of benzene rings is 1. The van der Waals surface area contributed by atoms with Gasteiger partial charge in [-0.05, 0) is 24.1 Å². The molecule has 0 saturated heterocycles. The van der Waals surface area contributed by atoms with E-state index in [0.29, 0.717) is 5.69 Å². The van der Waals surface area contributed by atoms with Crippen molar-refractivity contribution in [3.05, 3.63) is 41.8 Å². The molecule has 5 heteroatoms. The highest BCUT2D eigenvalue weighted by atomic mass is 19.1. The Hall–Kier alpha value is -2.04. The highest BCUT2D eigenvalue weighted by Crippen LogP contribution is 2.32. The van der Waals surface area contributed by atoms with Crippen molar-refractivity contribution in [2.24, 2.45) is 0 Å². The summed E-state index contributed by atoms with van der Waals surface area (Å²) >= 11 is 0. The van der Waals surface area contributed by atoms with E-state index in [1.165, 1.54) is 12.1 Å². The highest BCUT2D eigenvalue weighted by molar-refractivity contribution is 5.62. The molecule has 17 heavy (non-hydrogen) atoms. The van der Waals surface area contributed by atoms with Gasteiger partial charge < -0.3 is 11.1 Å². The normalized spacial score (nSPS) is 18.5. The van der Waals surface area contributed by atoms with E-state index in [1.54, 1.807) is 18.3 Å². The van der Waals surface area contributed by atoms with Crippen LogP contribution in [-0.4, -0.2) is 16.3 Å². The standard InChI is InChI=1S/C12H13FN4/c13-9-3-1-8(2-4-9)11-5-6-15-12-10(14)7-16-17(11)12/h1-4,7,11,15H,5-6,14H2. The minimum Gasteiger partial charge on any atom is -0.394 e. The quantitative estimate of drug-likeness (QED) is 0.790. The minimum atomic E-state index is -0.220. The minimum absolute atomic E-state index is 0.129. The lowest BCUT2D eigenvalue weighted by Crippen LogP contribution is -2.24. The Morgan fingerprint density at radius 3 is 2.88 bits per heavy atom. The number of halogens is 1. The first kappa shape index (κ1) is 10.1. The van der Waals surface area contributed by atoms with Crippen molar-refractivity contribution in [1.29, 1.82) is 0 Å². The van der Waals surface area contributed by atoms with Crippen molar-refractivity contribution in [3.8, 4) is 0 Å². The fourth-order valence-corrected chi connectivity index (χ4v) is 2.24. The molecule has 0 bridgehead atoms. The number of hydrogen-bond acceptors (Lipinski definition) is 3. The van der Waals surface area contributed by atoms with E-state index in [2.05, 4.69) is 10.4 Å². The van der Waals surface area contributed by atoms with Gasteiger partial charge in [0.05, 0.1) is 17.9 Å². The molecule has 4 nitrogen and oxygen atoms in total. The SMILES string of the molecule is Nc1cnn2c1NCCC2c1ccc(F)cc1. The summed E-state index contributed by atoms with van der Waals surface area (Å²) in [7, 11) is 0. The van der Waals surface area contributed by atoms with Crippen LogP contribution in [0.4, 0.5) is 15.9 Å². The molecule has 1 unspecified atom stereocenters. The molecule has 2 heterocycles. The lowest BCUT2D eigenvalue weighted by atomic mass is 10.0. The van der Waals surface area contributed by atoms with Crippen LogP contribution in [0, 0.1) is 5.82 Å². The van der Waals surface area contributed by atoms with Crippen LogP contribution >= 0.6 is 0 Å². The molecular formula is C12H13FN4. The fraction of sp³-hybridized carbons (Fsp3) is 0.250. The van der Waals surface area contributed by atoms with Crippen molar-refractivity contribution >= 4 is 11.5 Å². The highest BCUT2D eigenvalue weighted by Gasteiger charge is 2.23. The summed E-state index contributed by atoms with van der Waals surface area (Å²) in [6, 6.07) is 6.68. The molecule has 3 N–H and O–H groups in total. The van der Waals surface area contributed by atoms with Gasteiger partial charge in [0.25, 0.3) is 0 Å². The Labute approximate surface area is 98.2 Å². The van der Waals surface area contributed by atoms with E-state index in [0.717, 1.165) is 24.3 Å². The number of nitrogen functional groups attached to an aromatic ring is 1. The number of fused-ring (bicyclic) bond motifs is 1. The van der Waals surface area contributed by atoms with Crippen molar-refractivity contribution in [1.82, 2.24) is 9.78 Å². The number of nitrogens with two attached hydrogens (primary N) is 1. The lowest BCUT2D eigenvalue weighted by molar-refractivity contribution is 0.481. The van der Waals surface area contributed by atoms with E-state index < -0.39 is 0 Å². The molecule has 88 valence electrons. The summed E-state index contributed by atoms with van der Waals surface area (Å²) in [5, 5.41) is 7.50. The van der Waals surface area contributed by atoms with Gasteiger partial charge in [-0.2, -0.15) is 5.10 Å². The van der Waals surface area contributed by atoms with Gasteiger partial charge in [-0.1, -0.05) is 12.1 Å².